The number of alkyl halides is 3. The van der Waals surface area contributed by atoms with Crippen LogP contribution in [-0.2, 0) is 9.59 Å². The third-order valence-corrected chi connectivity index (χ3v) is 4.77. The van der Waals surface area contributed by atoms with Gasteiger partial charge < -0.3 is 10.4 Å². The third kappa shape index (κ3) is 4.90. The molecule has 1 fully saturated rings. The standard InChI is InChI=1S/C16H18F3N3O5.ClH/c1-8-12(4-3-5-13(8)22(26)27)20-14(23)9(2)21-6-10(15(24)25)11(7-21)16(17,18)19;/h3-5,9-11H,6-7H2,1-2H3,(H,20,23)(H,24,25);1H/t9?,10-,11-;/m1./s1. The van der Waals surface area contributed by atoms with Gasteiger partial charge in [0.05, 0.1) is 34.1 Å². The molecule has 28 heavy (non-hydrogen) atoms. The molecule has 0 aromatic heterocycles. The lowest BCUT2D eigenvalue weighted by Gasteiger charge is -2.24. The highest BCUT2D eigenvalue weighted by Gasteiger charge is 2.53. The lowest BCUT2D eigenvalue weighted by atomic mass is 9.96. The van der Waals surface area contributed by atoms with Gasteiger partial charge in [-0.3, -0.25) is 24.6 Å². The molecule has 0 radical (unpaired) electrons. The summed E-state index contributed by atoms with van der Waals surface area (Å²) in [6.07, 6.45) is -4.69. The molecule has 8 nitrogen and oxygen atoms in total. The summed E-state index contributed by atoms with van der Waals surface area (Å²) in [5.74, 6) is -5.96. The Bertz CT molecular complexity index is 774. The van der Waals surface area contributed by atoms with Crippen molar-refractivity contribution in [1.29, 1.82) is 0 Å². The number of carboxylic acid groups (broad SMARTS) is 1. The van der Waals surface area contributed by atoms with Crippen molar-refractivity contribution >= 4 is 35.7 Å². The van der Waals surface area contributed by atoms with Gasteiger partial charge in [-0.05, 0) is 19.9 Å². The largest absolute Gasteiger partial charge is 0.481 e. The second kappa shape index (κ2) is 8.74. The van der Waals surface area contributed by atoms with Crippen molar-refractivity contribution in [1.82, 2.24) is 4.90 Å². The Morgan fingerprint density at radius 3 is 2.43 bits per heavy atom. The van der Waals surface area contributed by atoms with E-state index < -0.39 is 53.9 Å². The highest BCUT2D eigenvalue weighted by molar-refractivity contribution is 5.95. The van der Waals surface area contributed by atoms with Gasteiger partial charge in [0.25, 0.3) is 5.69 Å². The van der Waals surface area contributed by atoms with Crippen molar-refractivity contribution in [3.8, 4) is 0 Å². The second-order valence-corrected chi connectivity index (χ2v) is 6.42. The minimum Gasteiger partial charge on any atom is -0.481 e. The molecule has 2 N–H and O–H groups in total. The number of aliphatic carboxylic acids is 1. The van der Waals surface area contributed by atoms with E-state index in [2.05, 4.69) is 5.32 Å². The summed E-state index contributed by atoms with van der Waals surface area (Å²) < 4.78 is 39.2. The summed E-state index contributed by atoms with van der Waals surface area (Å²) in [4.78, 5) is 35.1. The van der Waals surface area contributed by atoms with Crippen LogP contribution in [0.25, 0.3) is 0 Å². The van der Waals surface area contributed by atoms with E-state index in [1.807, 2.05) is 0 Å². The third-order valence-electron chi connectivity index (χ3n) is 4.77. The number of nitro benzene ring substituents is 1. The van der Waals surface area contributed by atoms with Crippen molar-refractivity contribution in [3.63, 3.8) is 0 Å². The van der Waals surface area contributed by atoms with Crippen LogP contribution in [-0.4, -0.2) is 52.1 Å². The molecular formula is C16H19ClF3N3O5. The number of carboxylic acids is 1. The van der Waals surface area contributed by atoms with Crippen molar-refractivity contribution in [3.05, 3.63) is 33.9 Å². The minimum absolute atomic E-state index is 0. The van der Waals surface area contributed by atoms with Crippen LogP contribution in [0.3, 0.4) is 0 Å². The lowest BCUT2D eigenvalue weighted by Crippen LogP contribution is -2.41. The maximum atomic E-state index is 13.1. The molecule has 0 saturated carbocycles. The van der Waals surface area contributed by atoms with E-state index in [1.54, 1.807) is 0 Å². The Kier molecular flexibility index (Phi) is 7.38. The monoisotopic (exact) mass is 425 g/mol. The quantitative estimate of drug-likeness (QED) is 0.554. The first-order valence-electron chi connectivity index (χ1n) is 8.02. The number of benzene rings is 1. The van der Waals surface area contributed by atoms with E-state index >= 15 is 0 Å². The van der Waals surface area contributed by atoms with E-state index in [1.165, 1.54) is 32.0 Å². The topological polar surface area (TPSA) is 113 Å². The van der Waals surface area contributed by atoms with Gasteiger partial charge >= 0.3 is 12.1 Å². The highest BCUT2D eigenvalue weighted by Crippen LogP contribution is 2.38. The van der Waals surface area contributed by atoms with Gasteiger partial charge in [-0.1, -0.05) is 6.07 Å². The zero-order chi connectivity index (χ0) is 20.5. The fourth-order valence-corrected chi connectivity index (χ4v) is 3.09. The average Bonchev–Trinajstić information content (AvgIpc) is 3.01. The molecule has 1 unspecified atom stereocenters. The molecule has 2 rings (SSSR count). The summed E-state index contributed by atoms with van der Waals surface area (Å²) >= 11 is 0. The van der Waals surface area contributed by atoms with E-state index in [4.69, 9.17) is 5.11 Å². The van der Waals surface area contributed by atoms with Crippen LogP contribution in [0.2, 0.25) is 0 Å². The number of rotatable bonds is 5. The number of anilines is 1. The van der Waals surface area contributed by atoms with Gasteiger partial charge in [-0.25, -0.2) is 0 Å². The molecule has 1 aliphatic heterocycles. The molecule has 12 heteroatoms. The van der Waals surface area contributed by atoms with Gasteiger partial charge in [-0.15, -0.1) is 12.4 Å². The second-order valence-electron chi connectivity index (χ2n) is 6.42. The Labute approximate surface area is 164 Å². The van der Waals surface area contributed by atoms with Crippen LogP contribution >= 0.6 is 12.4 Å². The molecule has 1 aliphatic rings. The number of likely N-dealkylation sites (tertiary alicyclic amines) is 1. The Balaban J connectivity index is 0.00000392. The van der Waals surface area contributed by atoms with Crippen LogP contribution in [0.5, 0.6) is 0 Å². The average molecular weight is 426 g/mol. The molecule has 156 valence electrons. The molecule has 0 spiro atoms. The van der Waals surface area contributed by atoms with Crippen LogP contribution in [0.15, 0.2) is 18.2 Å². The zero-order valence-electron chi connectivity index (χ0n) is 14.9. The number of hydrogen-bond acceptors (Lipinski definition) is 5. The van der Waals surface area contributed by atoms with Crippen molar-refractivity contribution in [2.75, 3.05) is 18.4 Å². The van der Waals surface area contributed by atoms with Crippen molar-refractivity contribution < 1.29 is 32.8 Å². The number of nitrogens with zero attached hydrogens (tertiary/aromatic N) is 2. The van der Waals surface area contributed by atoms with Gasteiger partial charge in [0, 0.05) is 19.2 Å². The summed E-state index contributed by atoms with van der Waals surface area (Å²) in [5, 5.41) is 22.5. The maximum Gasteiger partial charge on any atom is 0.393 e. The molecule has 0 aliphatic carbocycles. The molecule has 1 saturated heterocycles. The molecule has 1 aromatic rings. The Morgan fingerprint density at radius 2 is 1.96 bits per heavy atom. The SMILES string of the molecule is Cc1c(NC(=O)C(C)N2C[C@@H](C(F)(F)F)[C@H](C(=O)O)C2)cccc1[N+](=O)[O-].Cl. The van der Waals surface area contributed by atoms with E-state index in [0.717, 1.165) is 4.90 Å². The fourth-order valence-electron chi connectivity index (χ4n) is 3.09. The number of nitrogens with one attached hydrogen (secondary N) is 1. The van der Waals surface area contributed by atoms with Crippen LogP contribution in [0.4, 0.5) is 24.5 Å². The normalized spacial score (nSPS) is 20.9. The highest BCUT2D eigenvalue weighted by atomic mass is 35.5. The molecule has 0 bridgehead atoms. The van der Waals surface area contributed by atoms with Crippen LogP contribution in [0.1, 0.15) is 12.5 Å². The predicted molar refractivity (Wildman–Crippen MR) is 95.4 cm³/mol. The number of carbonyl (C=O) groups is 2. The number of hydrogen-bond donors (Lipinski definition) is 2. The van der Waals surface area contributed by atoms with E-state index in [-0.39, 0.29) is 29.3 Å². The molecule has 1 heterocycles. The number of halogens is 4. The maximum absolute atomic E-state index is 13.1. The number of amides is 1. The fraction of sp³-hybridized carbons (Fsp3) is 0.500. The first-order chi connectivity index (χ1) is 12.4. The Morgan fingerprint density at radius 1 is 1.36 bits per heavy atom. The van der Waals surface area contributed by atoms with E-state index in [0.29, 0.717) is 0 Å². The lowest BCUT2D eigenvalue weighted by molar-refractivity contribution is -0.385. The van der Waals surface area contributed by atoms with Gasteiger partial charge in [-0.2, -0.15) is 13.2 Å². The zero-order valence-corrected chi connectivity index (χ0v) is 15.7. The molecule has 3 atom stereocenters. The predicted octanol–water partition coefficient (Wildman–Crippen LogP) is 2.85. The molecule has 1 aromatic carbocycles. The van der Waals surface area contributed by atoms with Crippen LogP contribution in [0, 0.1) is 28.9 Å². The number of carbonyl (C=O) groups excluding carboxylic acids is 1. The first-order valence-corrected chi connectivity index (χ1v) is 8.02. The smallest absolute Gasteiger partial charge is 0.393 e. The summed E-state index contributed by atoms with van der Waals surface area (Å²) in [7, 11) is 0. The van der Waals surface area contributed by atoms with Crippen molar-refractivity contribution in [2.24, 2.45) is 11.8 Å². The van der Waals surface area contributed by atoms with Crippen molar-refractivity contribution in [2.45, 2.75) is 26.1 Å². The van der Waals surface area contributed by atoms with Gasteiger partial charge in [0.15, 0.2) is 0 Å². The minimum atomic E-state index is -4.69. The van der Waals surface area contributed by atoms with E-state index in [9.17, 15) is 32.9 Å². The Hall–Kier alpha value is -2.40. The number of nitro groups is 1. The van der Waals surface area contributed by atoms with Gasteiger partial charge in [0.1, 0.15) is 0 Å². The van der Waals surface area contributed by atoms with Crippen LogP contribution < -0.4 is 5.32 Å². The van der Waals surface area contributed by atoms with Gasteiger partial charge in [0.2, 0.25) is 5.91 Å². The first kappa shape index (κ1) is 23.6. The summed E-state index contributed by atoms with van der Waals surface area (Å²) in [6, 6.07) is 3.04. The molecule has 1 amide bonds. The molecular weight excluding hydrogens is 407 g/mol. The summed E-state index contributed by atoms with van der Waals surface area (Å²) in [5.41, 5.74) is 0.174. The summed E-state index contributed by atoms with van der Waals surface area (Å²) in [6.45, 7) is 1.78.